The molecule has 0 bridgehead atoms. The third-order valence-electron chi connectivity index (χ3n) is 4.21. The summed E-state index contributed by atoms with van der Waals surface area (Å²) in [7, 11) is 4.22. The molecular formula is C17H28N2O. The van der Waals surface area contributed by atoms with Gasteiger partial charge in [-0.2, -0.15) is 0 Å². The molecule has 3 heteroatoms. The maximum atomic E-state index is 5.93. The number of hydrogen-bond acceptors (Lipinski definition) is 3. The van der Waals surface area contributed by atoms with E-state index < -0.39 is 0 Å². The number of benzene rings is 1. The van der Waals surface area contributed by atoms with Crippen LogP contribution in [0.25, 0.3) is 0 Å². The van der Waals surface area contributed by atoms with Gasteiger partial charge in [0.15, 0.2) is 0 Å². The summed E-state index contributed by atoms with van der Waals surface area (Å²) in [5, 5.41) is 3.74. The lowest BCUT2D eigenvalue weighted by atomic mass is 9.89. The fourth-order valence-electron chi connectivity index (χ4n) is 2.86. The Balaban J connectivity index is 2.06. The Labute approximate surface area is 123 Å². The molecule has 3 nitrogen and oxygen atoms in total. The number of rotatable bonds is 5. The number of hydrogen-bond donors (Lipinski definition) is 1. The zero-order valence-electron chi connectivity index (χ0n) is 13.3. The molecule has 20 heavy (non-hydrogen) atoms. The Morgan fingerprint density at radius 3 is 2.80 bits per heavy atom. The third kappa shape index (κ3) is 3.97. The highest BCUT2D eigenvalue weighted by atomic mass is 16.5. The molecule has 2 unspecified atom stereocenters. The van der Waals surface area contributed by atoms with Gasteiger partial charge in [0.1, 0.15) is 0 Å². The first-order valence-corrected chi connectivity index (χ1v) is 7.65. The van der Waals surface area contributed by atoms with Gasteiger partial charge in [-0.3, -0.25) is 0 Å². The third-order valence-corrected chi connectivity index (χ3v) is 4.21. The first-order chi connectivity index (χ1) is 9.52. The van der Waals surface area contributed by atoms with Crippen molar-refractivity contribution in [3.8, 4) is 0 Å². The van der Waals surface area contributed by atoms with Gasteiger partial charge in [0, 0.05) is 24.9 Å². The number of nitrogens with one attached hydrogen (secondary N) is 1. The molecule has 1 fully saturated rings. The van der Waals surface area contributed by atoms with Crippen LogP contribution in [0.5, 0.6) is 0 Å². The highest BCUT2D eigenvalue weighted by molar-refractivity contribution is 5.51. The van der Waals surface area contributed by atoms with Crippen LogP contribution in [0.1, 0.15) is 38.7 Å². The molecule has 0 aliphatic carbocycles. The molecule has 2 rings (SSSR count). The maximum Gasteiger partial charge on any atom is 0.0671 e. The van der Waals surface area contributed by atoms with Crippen molar-refractivity contribution in [3.63, 3.8) is 0 Å². The van der Waals surface area contributed by atoms with Crippen molar-refractivity contribution in [2.24, 2.45) is 0 Å². The Morgan fingerprint density at radius 1 is 1.35 bits per heavy atom. The quantitative estimate of drug-likeness (QED) is 0.890. The first-order valence-electron chi connectivity index (χ1n) is 7.65. The fourth-order valence-corrected chi connectivity index (χ4v) is 2.86. The van der Waals surface area contributed by atoms with Gasteiger partial charge in [-0.15, -0.1) is 0 Å². The molecule has 1 aromatic rings. The molecule has 1 aliphatic heterocycles. The van der Waals surface area contributed by atoms with E-state index in [-0.39, 0.29) is 5.60 Å². The molecule has 0 radical (unpaired) electrons. The van der Waals surface area contributed by atoms with Crippen molar-refractivity contribution in [2.75, 3.05) is 26.0 Å². The van der Waals surface area contributed by atoms with Crippen molar-refractivity contribution in [1.82, 2.24) is 4.90 Å². The van der Waals surface area contributed by atoms with Crippen molar-refractivity contribution >= 4 is 5.69 Å². The second-order valence-corrected chi connectivity index (χ2v) is 6.38. The van der Waals surface area contributed by atoms with Crippen LogP contribution in [0.2, 0.25) is 0 Å². The highest BCUT2D eigenvalue weighted by Crippen LogP contribution is 2.30. The van der Waals surface area contributed by atoms with E-state index in [1.165, 1.54) is 11.3 Å². The molecule has 1 aliphatic rings. The van der Waals surface area contributed by atoms with E-state index in [0.717, 1.165) is 32.4 Å². The van der Waals surface area contributed by atoms with E-state index in [1.807, 2.05) is 0 Å². The number of para-hydroxylation sites is 1. The van der Waals surface area contributed by atoms with Crippen LogP contribution in [0.4, 0.5) is 5.69 Å². The molecule has 0 saturated carbocycles. The summed E-state index contributed by atoms with van der Waals surface area (Å²) in [5.41, 5.74) is 2.67. The molecule has 1 N–H and O–H groups in total. The summed E-state index contributed by atoms with van der Waals surface area (Å²) in [6, 6.07) is 9.14. The molecule has 2 atom stereocenters. The smallest absolute Gasteiger partial charge is 0.0671 e. The topological polar surface area (TPSA) is 24.5 Å². The van der Waals surface area contributed by atoms with Gasteiger partial charge in [0.2, 0.25) is 0 Å². The van der Waals surface area contributed by atoms with Gasteiger partial charge in [-0.25, -0.2) is 0 Å². The summed E-state index contributed by atoms with van der Waals surface area (Å²) in [6.07, 6.45) is 3.25. The lowest BCUT2D eigenvalue weighted by Gasteiger charge is -2.38. The van der Waals surface area contributed by atoms with Crippen LogP contribution in [0.3, 0.4) is 0 Å². The number of ether oxygens (including phenoxy) is 1. The lowest BCUT2D eigenvalue weighted by molar-refractivity contribution is -0.0708. The molecule has 112 valence electrons. The standard InChI is InChI=1S/C17H28N2O/c1-5-17(2)12-15(10-11-20-17)18-16-9-7-6-8-14(16)13-19(3)4/h6-9,15,18H,5,10-13H2,1-4H3. The lowest BCUT2D eigenvalue weighted by Crippen LogP contribution is -2.42. The van der Waals surface area contributed by atoms with Crippen LogP contribution in [-0.2, 0) is 11.3 Å². The molecule has 0 spiro atoms. The first kappa shape index (κ1) is 15.3. The van der Waals surface area contributed by atoms with Crippen molar-refractivity contribution in [1.29, 1.82) is 0 Å². The minimum absolute atomic E-state index is 0.0341. The fraction of sp³-hybridized carbons (Fsp3) is 0.647. The monoisotopic (exact) mass is 276 g/mol. The summed E-state index contributed by atoms with van der Waals surface area (Å²) in [4.78, 5) is 2.21. The van der Waals surface area contributed by atoms with Crippen molar-refractivity contribution < 1.29 is 4.74 Å². The number of anilines is 1. The van der Waals surface area contributed by atoms with E-state index in [9.17, 15) is 0 Å². The SMILES string of the molecule is CCC1(C)CC(Nc2ccccc2CN(C)C)CCO1. The minimum Gasteiger partial charge on any atom is -0.382 e. The van der Waals surface area contributed by atoms with E-state index in [4.69, 9.17) is 4.74 Å². The zero-order valence-corrected chi connectivity index (χ0v) is 13.3. The van der Waals surface area contributed by atoms with Gasteiger partial charge in [-0.05, 0) is 51.9 Å². The Bertz CT molecular complexity index is 433. The van der Waals surface area contributed by atoms with Gasteiger partial charge < -0.3 is 15.0 Å². The van der Waals surface area contributed by atoms with Crippen molar-refractivity contribution in [3.05, 3.63) is 29.8 Å². The molecule has 0 amide bonds. The van der Waals surface area contributed by atoms with Crippen LogP contribution in [0.15, 0.2) is 24.3 Å². The maximum absolute atomic E-state index is 5.93. The summed E-state index contributed by atoms with van der Waals surface area (Å²) in [5.74, 6) is 0. The Morgan fingerprint density at radius 2 is 2.10 bits per heavy atom. The van der Waals surface area contributed by atoms with Crippen LogP contribution in [0, 0.1) is 0 Å². The molecular weight excluding hydrogens is 248 g/mol. The zero-order chi connectivity index (χ0) is 14.6. The molecule has 1 saturated heterocycles. The summed E-state index contributed by atoms with van der Waals surface area (Å²) >= 11 is 0. The van der Waals surface area contributed by atoms with E-state index in [2.05, 4.69) is 62.4 Å². The average molecular weight is 276 g/mol. The van der Waals surface area contributed by atoms with Crippen LogP contribution in [-0.4, -0.2) is 37.2 Å². The number of nitrogens with zero attached hydrogens (tertiary/aromatic N) is 1. The van der Waals surface area contributed by atoms with Gasteiger partial charge >= 0.3 is 0 Å². The second-order valence-electron chi connectivity index (χ2n) is 6.38. The van der Waals surface area contributed by atoms with Gasteiger partial charge in [0.05, 0.1) is 5.60 Å². The van der Waals surface area contributed by atoms with E-state index >= 15 is 0 Å². The highest BCUT2D eigenvalue weighted by Gasteiger charge is 2.31. The molecule has 1 heterocycles. The van der Waals surface area contributed by atoms with E-state index in [0.29, 0.717) is 6.04 Å². The summed E-state index contributed by atoms with van der Waals surface area (Å²) < 4.78 is 5.93. The largest absolute Gasteiger partial charge is 0.382 e. The molecule has 1 aromatic carbocycles. The second kappa shape index (κ2) is 6.59. The van der Waals surface area contributed by atoms with E-state index in [1.54, 1.807) is 0 Å². The van der Waals surface area contributed by atoms with Crippen molar-refractivity contribution in [2.45, 2.75) is 51.3 Å². The molecule has 0 aromatic heterocycles. The Hall–Kier alpha value is -1.06. The van der Waals surface area contributed by atoms with Crippen LogP contribution < -0.4 is 5.32 Å². The van der Waals surface area contributed by atoms with Crippen LogP contribution >= 0.6 is 0 Å². The van der Waals surface area contributed by atoms with Gasteiger partial charge in [-0.1, -0.05) is 25.1 Å². The summed E-state index contributed by atoms with van der Waals surface area (Å²) in [6.45, 7) is 6.27. The normalized spacial score (nSPS) is 26.8. The predicted molar refractivity (Wildman–Crippen MR) is 85.1 cm³/mol. The minimum atomic E-state index is 0.0341. The average Bonchev–Trinajstić information content (AvgIpc) is 2.41. The predicted octanol–water partition coefficient (Wildman–Crippen LogP) is 3.51. The van der Waals surface area contributed by atoms with Gasteiger partial charge in [0.25, 0.3) is 0 Å². The Kier molecular flexibility index (Phi) is 5.06.